The van der Waals surface area contributed by atoms with Crippen LogP contribution in [0.2, 0.25) is 0 Å². The van der Waals surface area contributed by atoms with Crippen molar-refractivity contribution >= 4 is 25.6 Å². The van der Waals surface area contributed by atoms with E-state index in [1.807, 2.05) is 0 Å². The van der Waals surface area contributed by atoms with E-state index in [4.69, 9.17) is 10.7 Å². The van der Waals surface area contributed by atoms with Gasteiger partial charge in [-0.3, -0.25) is 4.79 Å². The molecule has 0 aliphatic rings. The second-order valence-electron chi connectivity index (χ2n) is 3.97. The minimum absolute atomic E-state index is 0.0792. The van der Waals surface area contributed by atoms with Crippen molar-refractivity contribution in [2.24, 2.45) is 0 Å². The van der Waals surface area contributed by atoms with Gasteiger partial charge in [0.2, 0.25) is 5.91 Å². The Morgan fingerprint density at radius 1 is 1.20 bits per heavy atom. The number of alkyl halides is 3. The molecule has 0 aliphatic heterocycles. The van der Waals surface area contributed by atoms with Crippen molar-refractivity contribution < 1.29 is 26.4 Å². The Balaban J connectivity index is 2.48. The van der Waals surface area contributed by atoms with Crippen LogP contribution in [0.5, 0.6) is 0 Å². The fourth-order valence-electron chi connectivity index (χ4n) is 1.36. The van der Waals surface area contributed by atoms with Gasteiger partial charge < -0.3 is 5.32 Å². The molecule has 0 saturated carbocycles. The fraction of sp³-hybridized carbons (Fsp3) is 0.364. The topological polar surface area (TPSA) is 63.2 Å². The zero-order valence-electron chi connectivity index (χ0n) is 10.1. The van der Waals surface area contributed by atoms with Crippen LogP contribution in [0.3, 0.4) is 0 Å². The summed E-state index contributed by atoms with van der Waals surface area (Å²) >= 11 is 0. The lowest BCUT2D eigenvalue weighted by molar-refractivity contribution is -0.138. The first kappa shape index (κ1) is 16.8. The molecule has 0 aliphatic carbocycles. The average Bonchev–Trinajstić information content (AvgIpc) is 2.32. The van der Waals surface area contributed by atoms with Crippen LogP contribution in [0.25, 0.3) is 0 Å². The highest BCUT2D eigenvalue weighted by Crippen LogP contribution is 2.16. The highest BCUT2D eigenvalue weighted by Gasteiger charge is 2.27. The Morgan fingerprint density at radius 2 is 1.75 bits per heavy atom. The molecular weight excluding hydrogens is 319 g/mol. The lowest BCUT2D eigenvalue weighted by Crippen LogP contribution is -2.33. The number of amides is 1. The molecule has 112 valence electrons. The minimum Gasteiger partial charge on any atom is -0.347 e. The number of carbonyl (C=O) groups excluding carboxylic acids is 1. The van der Waals surface area contributed by atoms with Crippen LogP contribution in [0.4, 0.5) is 13.2 Å². The van der Waals surface area contributed by atoms with E-state index in [1.165, 1.54) is 24.3 Å². The normalized spacial score (nSPS) is 12.2. The molecule has 20 heavy (non-hydrogen) atoms. The Kier molecular flexibility index (Phi) is 5.41. The van der Waals surface area contributed by atoms with Crippen molar-refractivity contribution in [2.45, 2.75) is 23.9 Å². The van der Waals surface area contributed by atoms with Crippen LogP contribution in [-0.2, 0) is 20.3 Å². The Hall–Kier alpha value is -1.28. The third-order valence-electron chi connectivity index (χ3n) is 2.33. The summed E-state index contributed by atoms with van der Waals surface area (Å²) in [5.41, 5.74) is 0.622. The van der Waals surface area contributed by atoms with Gasteiger partial charge in [-0.15, -0.1) is 0 Å². The molecule has 1 N–H and O–H groups in total. The minimum atomic E-state index is -4.44. The van der Waals surface area contributed by atoms with Crippen molar-refractivity contribution in [3.05, 3.63) is 29.8 Å². The van der Waals surface area contributed by atoms with Crippen molar-refractivity contribution in [2.75, 3.05) is 6.54 Å². The van der Waals surface area contributed by atoms with Gasteiger partial charge in [-0.05, 0) is 24.1 Å². The molecule has 0 spiro atoms. The maximum atomic E-state index is 11.9. The number of benzene rings is 1. The fourth-order valence-corrected chi connectivity index (χ4v) is 2.13. The van der Waals surface area contributed by atoms with E-state index < -0.39 is 27.7 Å². The van der Waals surface area contributed by atoms with Gasteiger partial charge >= 0.3 is 6.18 Å². The van der Waals surface area contributed by atoms with Gasteiger partial charge in [-0.25, -0.2) is 8.42 Å². The van der Waals surface area contributed by atoms with Crippen LogP contribution >= 0.6 is 10.7 Å². The van der Waals surface area contributed by atoms with E-state index in [-0.39, 0.29) is 17.7 Å². The van der Waals surface area contributed by atoms with Gasteiger partial charge in [-0.2, -0.15) is 13.2 Å². The predicted octanol–water partition coefficient (Wildman–Crippen LogP) is 2.23. The molecule has 0 radical (unpaired) electrons. The number of aryl methyl sites for hydroxylation is 1. The molecule has 4 nitrogen and oxygen atoms in total. The lowest BCUT2D eigenvalue weighted by Gasteiger charge is -2.08. The highest BCUT2D eigenvalue weighted by atomic mass is 35.7. The van der Waals surface area contributed by atoms with E-state index in [2.05, 4.69) is 0 Å². The summed E-state index contributed by atoms with van der Waals surface area (Å²) in [7, 11) is 1.32. The number of carbonyl (C=O) groups is 1. The maximum absolute atomic E-state index is 11.9. The van der Waals surface area contributed by atoms with Gasteiger partial charge in [0.15, 0.2) is 0 Å². The van der Waals surface area contributed by atoms with E-state index in [0.29, 0.717) is 5.56 Å². The molecule has 0 atom stereocenters. The largest absolute Gasteiger partial charge is 0.405 e. The first-order valence-electron chi connectivity index (χ1n) is 5.45. The van der Waals surface area contributed by atoms with Crippen LogP contribution in [0, 0.1) is 0 Å². The van der Waals surface area contributed by atoms with Crippen molar-refractivity contribution in [1.29, 1.82) is 0 Å². The molecule has 0 unspecified atom stereocenters. The molecule has 9 heteroatoms. The second-order valence-corrected chi connectivity index (χ2v) is 6.54. The quantitative estimate of drug-likeness (QED) is 0.843. The van der Waals surface area contributed by atoms with Gasteiger partial charge in [0, 0.05) is 17.1 Å². The summed E-state index contributed by atoms with van der Waals surface area (Å²) in [6, 6.07) is 5.44. The summed E-state index contributed by atoms with van der Waals surface area (Å²) in [5.74, 6) is -0.726. The Labute approximate surface area is 118 Å². The third kappa shape index (κ3) is 6.25. The summed E-state index contributed by atoms with van der Waals surface area (Å²) in [6.45, 7) is -1.37. The zero-order valence-corrected chi connectivity index (χ0v) is 11.6. The van der Waals surface area contributed by atoms with E-state index in [1.54, 1.807) is 5.32 Å². The molecule has 0 bridgehead atoms. The van der Waals surface area contributed by atoms with E-state index >= 15 is 0 Å². The molecule has 0 fully saturated rings. The molecule has 0 saturated heterocycles. The number of rotatable bonds is 5. The summed E-state index contributed by atoms with van der Waals surface area (Å²) < 4.78 is 57.5. The smallest absolute Gasteiger partial charge is 0.347 e. The number of hydrogen-bond acceptors (Lipinski definition) is 3. The van der Waals surface area contributed by atoms with Gasteiger partial charge in [0.05, 0.1) is 4.90 Å². The standard InChI is InChI=1S/C11H11ClF3NO3S/c12-20(18,19)9-4-1-8(2-5-9)3-6-10(17)16-7-11(13,14)15/h1-2,4-5H,3,6-7H2,(H,16,17). The monoisotopic (exact) mass is 329 g/mol. The van der Waals surface area contributed by atoms with Gasteiger partial charge in [0.1, 0.15) is 6.54 Å². The summed E-state index contributed by atoms with van der Waals surface area (Å²) in [4.78, 5) is 11.1. The van der Waals surface area contributed by atoms with Crippen LogP contribution < -0.4 is 5.32 Å². The molecule has 1 aromatic rings. The number of nitrogens with one attached hydrogen (secondary N) is 1. The van der Waals surface area contributed by atoms with Crippen LogP contribution in [-0.4, -0.2) is 27.0 Å². The summed E-state index contributed by atoms with van der Waals surface area (Å²) in [6.07, 6.45) is -4.36. The average molecular weight is 330 g/mol. The highest BCUT2D eigenvalue weighted by molar-refractivity contribution is 8.13. The second kappa shape index (κ2) is 6.45. The zero-order chi connectivity index (χ0) is 15.4. The Bertz CT molecular complexity index is 570. The SMILES string of the molecule is O=C(CCc1ccc(S(=O)(=O)Cl)cc1)NCC(F)(F)F. The maximum Gasteiger partial charge on any atom is 0.405 e. The molecule has 1 aromatic carbocycles. The molecular formula is C11H11ClF3NO3S. The van der Waals surface area contributed by atoms with Crippen molar-refractivity contribution in [3.63, 3.8) is 0 Å². The van der Waals surface area contributed by atoms with E-state index in [9.17, 15) is 26.4 Å². The molecule has 0 aromatic heterocycles. The Morgan fingerprint density at radius 3 is 2.20 bits per heavy atom. The van der Waals surface area contributed by atoms with Crippen LogP contribution in [0.15, 0.2) is 29.2 Å². The lowest BCUT2D eigenvalue weighted by atomic mass is 10.1. The first-order valence-corrected chi connectivity index (χ1v) is 7.76. The summed E-state index contributed by atoms with van der Waals surface area (Å²) in [5, 5.41) is 1.75. The number of hydrogen-bond donors (Lipinski definition) is 1. The van der Waals surface area contributed by atoms with Crippen molar-refractivity contribution in [3.8, 4) is 0 Å². The van der Waals surface area contributed by atoms with Crippen LogP contribution in [0.1, 0.15) is 12.0 Å². The third-order valence-corrected chi connectivity index (χ3v) is 3.70. The molecule has 0 heterocycles. The van der Waals surface area contributed by atoms with E-state index in [0.717, 1.165) is 0 Å². The van der Waals surface area contributed by atoms with Crippen molar-refractivity contribution in [1.82, 2.24) is 5.32 Å². The molecule has 1 rings (SSSR count). The van der Waals surface area contributed by atoms with Gasteiger partial charge in [0.25, 0.3) is 9.05 Å². The van der Waals surface area contributed by atoms with Gasteiger partial charge in [-0.1, -0.05) is 12.1 Å². The first-order chi connectivity index (χ1) is 9.08. The number of halogens is 4. The molecule has 1 amide bonds. The predicted molar refractivity (Wildman–Crippen MR) is 66.9 cm³/mol.